The fraction of sp³-hybridized carbons (Fsp3) is 0.176. The van der Waals surface area contributed by atoms with Crippen LogP contribution in [0.5, 0.6) is 0 Å². The minimum Gasteiger partial charge on any atom is -0.324 e. The normalized spacial score (nSPS) is 12.5. The van der Waals surface area contributed by atoms with Gasteiger partial charge in [0.1, 0.15) is 0 Å². The Labute approximate surface area is 165 Å². The minimum absolute atomic E-state index is 0.114. The molecule has 12 heteroatoms. The van der Waals surface area contributed by atoms with Crippen LogP contribution in [0, 0.1) is 17.0 Å². The standard InChI is InChI=1S/C17H16N4O7S/c1-10-3-8-14(15(9-10)21(24)25)19-20-16(11(2)22)17(23)18-12-4-6-13(7-5-12)29(26,27)28/h3-9,16H,1-2H3,(H,18,23)(H,26,27,28). The number of Topliss-reactive ketones (excluding diaryl/α,β-unsaturated/α-hetero) is 1. The van der Waals surface area contributed by atoms with Crippen molar-refractivity contribution in [3.63, 3.8) is 0 Å². The number of anilines is 1. The zero-order chi connectivity index (χ0) is 21.8. The first-order chi connectivity index (χ1) is 13.5. The molecule has 1 amide bonds. The Hall–Kier alpha value is -3.51. The molecular formula is C17H16N4O7S. The van der Waals surface area contributed by atoms with E-state index in [0.717, 1.165) is 19.1 Å². The predicted octanol–water partition coefficient (Wildman–Crippen LogP) is 2.83. The summed E-state index contributed by atoms with van der Waals surface area (Å²) in [4.78, 5) is 34.2. The maximum Gasteiger partial charge on any atom is 0.296 e. The number of carbonyl (C=O) groups is 2. The first-order valence-electron chi connectivity index (χ1n) is 8.04. The summed E-state index contributed by atoms with van der Waals surface area (Å²) in [6.07, 6.45) is 0. The number of nitro benzene ring substituents is 1. The van der Waals surface area contributed by atoms with Gasteiger partial charge in [-0.15, -0.1) is 5.11 Å². The van der Waals surface area contributed by atoms with Crippen LogP contribution >= 0.6 is 0 Å². The second-order valence-electron chi connectivity index (χ2n) is 5.97. The molecule has 0 aliphatic carbocycles. The van der Waals surface area contributed by atoms with Crippen molar-refractivity contribution in [1.82, 2.24) is 0 Å². The summed E-state index contributed by atoms with van der Waals surface area (Å²) in [5.74, 6) is -1.52. The van der Waals surface area contributed by atoms with Gasteiger partial charge in [-0.1, -0.05) is 6.07 Å². The number of hydrogen-bond donors (Lipinski definition) is 2. The molecule has 0 saturated carbocycles. The molecule has 1 unspecified atom stereocenters. The summed E-state index contributed by atoms with van der Waals surface area (Å²) >= 11 is 0. The van der Waals surface area contributed by atoms with Crippen LogP contribution in [0.1, 0.15) is 12.5 Å². The van der Waals surface area contributed by atoms with Gasteiger partial charge in [0.05, 0.1) is 9.82 Å². The third-order valence-electron chi connectivity index (χ3n) is 3.66. The zero-order valence-electron chi connectivity index (χ0n) is 15.3. The monoisotopic (exact) mass is 420 g/mol. The van der Waals surface area contributed by atoms with Crippen molar-refractivity contribution in [2.75, 3.05) is 5.32 Å². The number of nitro groups is 1. The van der Waals surface area contributed by atoms with Gasteiger partial charge < -0.3 is 5.32 Å². The molecule has 0 radical (unpaired) electrons. The van der Waals surface area contributed by atoms with Gasteiger partial charge in [-0.2, -0.15) is 13.5 Å². The molecule has 0 saturated heterocycles. The van der Waals surface area contributed by atoms with Gasteiger partial charge in [0.2, 0.25) is 6.04 Å². The van der Waals surface area contributed by atoms with E-state index in [1.807, 2.05) is 0 Å². The number of amides is 1. The van der Waals surface area contributed by atoms with Gasteiger partial charge in [0, 0.05) is 11.8 Å². The fourth-order valence-electron chi connectivity index (χ4n) is 2.22. The fourth-order valence-corrected chi connectivity index (χ4v) is 2.70. The molecule has 152 valence electrons. The number of rotatable bonds is 7. The molecule has 2 rings (SSSR count). The van der Waals surface area contributed by atoms with E-state index in [1.165, 1.54) is 24.3 Å². The number of aryl methyl sites for hydroxylation is 1. The van der Waals surface area contributed by atoms with Crippen molar-refractivity contribution < 1.29 is 27.5 Å². The molecule has 0 fully saturated rings. The van der Waals surface area contributed by atoms with Crippen molar-refractivity contribution in [3.8, 4) is 0 Å². The maximum absolute atomic E-state index is 12.3. The highest BCUT2D eigenvalue weighted by atomic mass is 32.2. The maximum atomic E-state index is 12.3. The van der Waals surface area contributed by atoms with Gasteiger partial charge in [-0.05, 0) is 49.7 Å². The third-order valence-corrected chi connectivity index (χ3v) is 4.53. The van der Waals surface area contributed by atoms with Gasteiger partial charge in [-0.25, -0.2) is 0 Å². The summed E-state index contributed by atoms with van der Waals surface area (Å²) in [6.45, 7) is 2.77. The Bertz CT molecular complexity index is 1100. The van der Waals surface area contributed by atoms with Gasteiger partial charge in [0.15, 0.2) is 11.5 Å². The van der Waals surface area contributed by atoms with Gasteiger partial charge in [-0.3, -0.25) is 24.3 Å². The molecule has 0 aliphatic heterocycles. The molecule has 0 aromatic heterocycles. The highest BCUT2D eigenvalue weighted by Gasteiger charge is 2.24. The van der Waals surface area contributed by atoms with Crippen LogP contribution in [-0.4, -0.2) is 35.6 Å². The molecule has 0 spiro atoms. The molecular weight excluding hydrogens is 404 g/mol. The van der Waals surface area contributed by atoms with Gasteiger partial charge in [0.25, 0.3) is 21.7 Å². The highest BCUT2D eigenvalue weighted by Crippen LogP contribution is 2.28. The molecule has 0 bridgehead atoms. The molecule has 11 nitrogen and oxygen atoms in total. The number of nitrogens with zero attached hydrogens (tertiary/aromatic N) is 3. The molecule has 2 aromatic carbocycles. The molecule has 0 heterocycles. The number of ketones is 1. The van der Waals surface area contributed by atoms with Crippen molar-refractivity contribution in [2.24, 2.45) is 10.2 Å². The SMILES string of the molecule is CC(=O)C(N=Nc1ccc(C)cc1[N+](=O)[O-])C(=O)Nc1ccc(S(=O)(=O)O)cc1. The summed E-state index contributed by atoms with van der Waals surface area (Å²) in [5.41, 5.74) is 0.337. The minimum atomic E-state index is -4.39. The summed E-state index contributed by atoms with van der Waals surface area (Å²) in [7, 11) is -4.39. The van der Waals surface area contributed by atoms with Crippen LogP contribution < -0.4 is 5.32 Å². The largest absolute Gasteiger partial charge is 0.324 e. The molecule has 2 N–H and O–H groups in total. The number of hydrogen-bond acceptors (Lipinski definition) is 8. The molecule has 0 aliphatic rings. The van der Waals surface area contributed by atoms with Crippen LogP contribution in [0.2, 0.25) is 0 Å². The topological polar surface area (TPSA) is 168 Å². The van der Waals surface area contributed by atoms with Gasteiger partial charge >= 0.3 is 0 Å². The van der Waals surface area contributed by atoms with Crippen LogP contribution in [0.25, 0.3) is 0 Å². The average Bonchev–Trinajstić information content (AvgIpc) is 2.62. The second kappa shape index (κ2) is 8.67. The lowest BCUT2D eigenvalue weighted by Gasteiger charge is -2.09. The average molecular weight is 420 g/mol. The summed E-state index contributed by atoms with van der Waals surface area (Å²) in [6, 6.07) is 7.17. The second-order valence-corrected chi connectivity index (χ2v) is 7.39. The van der Waals surface area contributed by atoms with Crippen molar-refractivity contribution in [3.05, 3.63) is 58.1 Å². The van der Waals surface area contributed by atoms with Crippen molar-refractivity contribution >= 4 is 38.9 Å². The Morgan fingerprint density at radius 3 is 2.31 bits per heavy atom. The quantitative estimate of drug-likeness (QED) is 0.228. The van der Waals surface area contributed by atoms with Crippen molar-refractivity contribution in [1.29, 1.82) is 0 Å². The number of azo groups is 1. The molecule has 1 atom stereocenters. The van der Waals surface area contributed by atoms with Crippen LogP contribution in [0.3, 0.4) is 0 Å². The first kappa shape index (κ1) is 21.8. The Morgan fingerprint density at radius 1 is 1.17 bits per heavy atom. The zero-order valence-corrected chi connectivity index (χ0v) is 16.1. The van der Waals surface area contributed by atoms with Crippen LogP contribution in [0.4, 0.5) is 17.1 Å². The van der Waals surface area contributed by atoms with Crippen LogP contribution in [0.15, 0.2) is 57.6 Å². The van der Waals surface area contributed by atoms with E-state index in [1.54, 1.807) is 13.0 Å². The molecule has 29 heavy (non-hydrogen) atoms. The summed E-state index contributed by atoms with van der Waals surface area (Å²) in [5, 5.41) is 20.8. The lowest BCUT2D eigenvalue weighted by atomic mass is 10.2. The highest BCUT2D eigenvalue weighted by molar-refractivity contribution is 7.85. The number of benzene rings is 2. The Balaban J connectivity index is 2.24. The van der Waals surface area contributed by atoms with E-state index < -0.39 is 32.8 Å². The lowest BCUT2D eigenvalue weighted by Crippen LogP contribution is -2.31. The summed E-state index contributed by atoms with van der Waals surface area (Å²) < 4.78 is 31.0. The first-order valence-corrected chi connectivity index (χ1v) is 9.48. The van der Waals surface area contributed by atoms with E-state index in [-0.39, 0.29) is 22.0 Å². The Morgan fingerprint density at radius 2 is 1.79 bits per heavy atom. The van der Waals surface area contributed by atoms with E-state index in [2.05, 4.69) is 15.5 Å². The van der Waals surface area contributed by atoms with E-state index in [9.17, 15) is 28.1 Å². The van der Waals surface area contributed by atoms with E-state index >= 15 is 0 Å². The predicted molar refractivity (Wildman–Crippen MR) is 102 cm³/mol. The number of nitrogens with one attached hydrogen (secondary N) is 1. The number of carbonyl (C=O) groups excluding carboxylic acids is 2. The van der Waals surface area contributed by atoms with E-state index in [0.29, 0.717) is 5.56 Å². The smallest absolute Gasteiger partial charge is 0.296 e. The Kier molecular flexibility index (Phi) is 6.51. The third kappa shape index (κ3) is 5.73. The van der Waals surface area contributed by atoms with E-state index in [4.69, 9.17) is 4.55 Å². The molecule has 2 aromatic rings. The van der Waals surface area contributed by atoms with Crippen LogP contribution in [-0.2, 0) is 19.7 Å². The van der Waals surface area contributed by atoms with Crippen molar-refractivity contribution in [2.45, 2.75) is 24.8 Å². The lowest BCUT2D eigenvalue weighted by molar-refractivity contribution is -0.384.